The Morgan fingerprint density at radius 3 is 2.92 bits per heavy atom. The van der Waals surface area contributed by atoms with Gasteiger partial charge in [-0.3, -0.25) is 0 Å². The zero-order chi connectivity index (χ0) is 8.97. The second kappa shape index (κ2) is 4.27. The van der Waals surface area contributed by atoms with E-state index in [9.17, 15) is 0 Å². The minimum Gasteiger partial charge on any atom is -0.245 e. The van der Waals surface area contributed by atoms with Crippen LogP contribution in [0.2, 0.25) is 5.15 Å². The lowest BCUT2D eigenvalue weighted by Gasteiger charge is -2.02. The van der Waals surface area contributed by atoms with Gasteiger partial charge in [-0.1, -0.05) is 24.6 Å². The van der Waals surface area contributed by atoms with Crippen LogP contribution >= 0.6 is 11.6 Å². The normalized spacial score (nSPS) is 11.8. The van der Waals surface area contributed by atoms with E-state index >= 15 is 0 Å². The summed E-state index contributed by atoms with van der Waals surface area (Å²) in [5.41, 5.74) is 2.47. The van der Waals surface area contributed by atoms with Gasteiger partial charge in [0.15, 0.2) is 0 Å². The predicted molar refractivity (Wildman–Crippen MR) is 53.2 cm³/mol. The quantitative estimate of drug-likeness (QED) is 0.636. The van der Waals surface area contributed by atoms with E-state index in [4.69, 9.17) is 11.6 Å². The van der Waals surface area contributed by atoms with Gasteiger partial charge in [0.25, 0.3) is 0 Å². The van der Waals surface area contributed by atoms with Gasteiger partial charge in [0.2, 0.25) is 0 Å². The van der Waals surface area contributed by atoms with Crippen molar-refractivity contribution in [3.8, 4) is 0 Å². The average Bonchev–Trinajstić information content (AvgIpc) is 2.07. The Morgan fingerprint density at radius 1 is 1.67 bits per heavy atom. The highest BCUT2D eigenvalue weighted by molar-refractivity contribution is 6.29. The lowest BCUT2D eigenvalue weighted by atomic mass is 10.1. The third kappa shape index (κ3) is 2.08. The number of nitrogens with zero attached hydrogens (tertiary/aromatic N) is 1. The third-order valence-electron chi connectivity index (χ3n) is 1.83. The van der Waals surface area contributed by atoms with E-state index in [1.54, 1.807) is 6.20 Å². The second-order valence-electron chi connectivity index (χ2n) is 2.53. The largest absolute Gasteiger partial charge is 0.245 e. The van der Waals surface area contributed by atoms with E-state index in [1.165, 1.54) is 11.1 Å². The van der Waals surface area contributed by atoms with Crippen LogP contribution in [0.3, 0.4) is 0 Å². The smallest absolute Gasteiger partial charge is 0.129 e. The first kappa shape index (κ1) is 9.27. The van der Waals surface area contributed by atoms with Crippen LogP contribution in [0.25, 0.3) is 5.57 Å². The van der Waals surface area contributed by atoms with Crippen LogP contribution in [0.15, 0.2) is 24.4 Å². The maximum absolute atomic E-state index is 5.76. The molecular weight excluding hydrogens is 170 g/mol. The summed E-state index contributed by atoms with van der Waals surface area (Å²) < 4.78 is 0. The highest BCUT2D eigenvalue weighted by Gasteiger charge is 1.98. The Hall–Kier alpha value is -0.820. The molecular formula is C10H12ClN. The number of hydrogen-bond donors (Lipinski definition) is 0. The maximum Gasteiger partial charge on any atom is 0.129 e. The van der Waals surface area contributed by atoms with Gasteiger partial charge in [0, 0.05) is 6.20 Å². The van der Waals surface area contributed by atoms with Gasteiger partial charge in [-0.15, -0.1) is 0 Å². The second-order valence-corrected chi connectivity index (χ2v) is 2.92. The topological polar surface area (TPSA) is 12.9 Å². The standard InChI is InChI=1S/C10H12ClN/c1-3-8(4-2)9-5-6-12-10(11)7-9/h3,5-7H,4H2,1-2H3/b8-3-. The lowest BCUT2D eigenvalue weighted by molar-refractivity contribution is 1.22. The van der Waals surface area contributed by atoms with Crippen molar-refractivity contribution >= 4 is 17.2 Å². The van der Waals surface area contributed by atoms with E-state index in [0.29, 0.717) is 5.15 Å². The van der Waals surface area contributed by atoms with E-state index < -0.39 is 0 Å². The fourth-order valence-corrected chi connectivity index (χ4v) is 1.35. The average molecular weight is 182 g/mol. The summed E-state index contributed by atoms with van der Waals surface area (Å²) in [6.07, 6.45) is 4.86. The zero-order valence-electron chi connectivity index (χ0n) is 7.34. The zero-order valence-corrected chi connectivity index (χ0v) is 8.10. The molecule has 0 bridgehead atoms. The van der Waals surface area contributed by atoms with Crippen molar-refractivity contribution < 1.29 is 0 Å². The first-order chi connectivity index (χ1) is 5.77. The molecule has 0 aliphatic heterocycles. The Balaban J connectivity index is 3.02. The summed E-state index contributed by atoms with van der Waals surface area (Å²) in [5, 5.41) is 0.556. The molecule has 1 nitrogen and oxygen atoms in total. The fraction of sp³-hybridized carbons (Fsp3) is 0.300. The summed E-state index contributed by atoms with van der Waals surface area (Å²) in [4.78, 5) is 3.93. The molecule has 0 saturated heterocycles. The summed E-state index contributed by atoms with van der Waals surface area (Å²) in [5.74, 6) is 0. The number of pyridine rings is 1. The Kier molecular flexibility index (Phi) is 3.30. The SMILES string of the molecule is C/C=C(/CC)c1ccnc(Cl)c1. The summed E-state index contributed by atoms with van der Waals surface area (Å²) in [6.45, 7) is 4.16. The van der Waals surface area contributed by atoms with Gasteiger partial charge < -0.3 is 0 Å². The Bertz CT molecular complexity index is 292. The monoisotopic (exact) mass is 181 g/mol. The molecule has 1 rings (SSSR count). The minimum absolute atomic E-state index is 0.556. The first-order valence-corrected chi connectivity index (χ1v) is 4.42. The van der Waals surface area contributed by atoms with Crippen LogP contribution in [0.1, 0.15) is 25.8 Å². The van der Waals surface area contributed by atoms with E-state index in [0.717, 1.165) is 6.42 Å². The number of allylic oxidation sites excluding steroid dienone is 2. The molecule has 0 spiro atoms. The number of hydrogen-bond acceptors (Lipinski definition) is 1. The number of rotatable bonds is 2. The number of halogens is 1. The van der Waals surface area contributed by atoms with E-state index in [1.807, 2.05) is 19.1 Å². The molecule has 1 aromatic rings. The van der Waals surface area contributed by atoms with Crippen LogP contribution in [0, 0.1) is 0 Å². The highest BCUT2D eigenvalue weighted by atomic mass is 35.5. The summed E-state index contributed by atoms with van der Waals surface area (Å²) in [7, 11) is 0. The van der Waals surface area contributed by atoms with Gasteiger partial charge in [-0.2, -0.15) is 0 Å². The van der Waals surface area contributed by atoms with Crippen LogP contribution in [0.5, 0.6) is 0 Å². The summed E-state index contributed by atoms with van der Waals surface area (Å²) >= 11 is 5.76. The van der Waals surface area contributed by atoms with Crippen molar-refractivity contribution in [2.24, 2.45) is 0 Å². The molecule has 0 fully saturated rings. The Morgan fingerprint density at radius 2 is 2.42 bits per heavy atom. The van der Waals surface area contributed by atoms with Crippen LogP contribution in [0.4, 0.5) is 0 Å². The predicted octanol–water partition coefficient (Wildman–Crippen LogP) is 3.55. The van der Waals surface area contributed by atoms with Crippen molar-refractivity contribution in [1.82, 2.24) is 4.98 Å². The molecule has 0 N–H and O–H groups in total. The first-order valence-electron chi connectivity index (χ1n) is 4.05. The lowest BCUT2D eigenvalue weighted by Crippen LogP contribution is -1.83. The van der Waals surface area contributed by atoms with Crippen molar-refractivity contribution in [3.05, 3.63) is 35.1 Å². The molecule has 0 amide bonds. The molecule has 0 atom stereocenters. The fourth-order valence-electron chi connectivity index (χ4n) is 1.18. The molecule has 1 heterocycles. The van der Waals surface area contributed by atoms with Crippen molar-refractivity contribution in [1.29, 1.82) is 0 Å². The molecule has 2 heteroatoms. The van der Waals surface area contributed by atoms with Crippen molar-refractivity contribution in [3.63, 3.8) is 0 Å². The molecule has 0 aliphatic rings. The van der Waals surface area contributed by atoms with Gasteiger partial charge in [0.1, 0.15) is 5.15 Å². The van der Waals surface area contributed by atoms with Gasteiger partial charge in [0.05, 0.1) is 0 Å². The highest BCUT2D eigenvalue weighted by Crippen LogP contribution is 2.19. The molecule has 0 aromatic carbocycles. The van der Waals surface area contributed by atoms with Gasteiger partial charge >= 0.3 is 0 Å². The van der Waals surface area contributed by atoms with E-state index in [2.05, 4.69) is 18.0 Å². The maximum atomic E-state index is 5.76. The number of aromatic nitrogens is 1. The van der Waals surface area contributed by atoms with E-state index in [-0.39, 0.29) is 0 Å². The molecule has 0 radical (unpaired) electrons. The van der Waals surface area contributed by atoms with Crippen LogP contribution in [-0.2, 0) is 0 Å². The minimum atomic E-state index is 0.556. The Labute approximate surface area is 78.1 Å². The molecule has 0 aliphatic carbocycles. The van der Waals surface area contributed by atoms with Gasteiger partial charge in [-0.05, 0) is 36.6 Å². The molecule has 64 valence electrons. The molecule has 0 unspecified atom stereocenters. The molecule has 0 saturated carbocycles. The summed E-state index contributed by atoms with van der Waals surface area (Å²) in [6, 6.07) is 3.87. The van der Waals surface area contributed by atoms with Crippen LogP contribution in [-0.4, -0.2) is 4.98 Å². The third-order valence-corrected chi connectivity index (χ3v) is 2.03. The van der Waals surface area contributed by atoms with Crippen molar-refractivity contribution in [2.45, 2.75) is 20.3 Å². The van der Waals surface area contributed by atoms with Crippen molar-refractivity contribution in [2.75, 3.05) is 0 Å². The van der Waals surface area contributed by atoms with Gasteiger partial charge in [-0.25, -0.2) is 4.98 Å². The van der Waals surface area contributed by atoms with Crippen LogP contribution < -0.4 is 0 Å². The molecule has 1 aromatic heterocycles. The molecule has 12 heavy (non-hydrogen) atoms.